The van der Waals surface area contributed by atoms with Gasteiger partial charge in [-0.15, -0.1) is 0 Å². The number of benzene rings is 1. The van der Waals surface area contributed by atoms with E-state index in [1.54, 1.807) is 0 Å². The minimum atomic E-state index is 0. The van der Waals surface area contributed by atoms with Gasteiger partial charge in [0.15, 0.2) is 0 Å². The predicted octanol–water partition coefficient (Wildman–Crippen LogP) is 2.45. The second-order valence-electron chi connectivity index (χ2n) is 1.30. The molecule has 0 aliphatic rings. The van der Waals surface area contributed by atoms with Gasteiger partial charge in [-0.1, -0.05) is 34.1 Å². The number of hydrogen-bond donors (Lipinski definition) is 0. The summed E-state index contributed by atoms with van der Waals surface area (Å²) < 4.78 is 1.13. The Labute approximate surface area is 82.7 Å². The molecular weight excluding hydrogens is 241 g/mol. The maximum absolute atomic E-state index is 3.31. The van der Waals surface area contributed by atoms with Crippen molar-refractivity contribution in [1.82, 2.24) is 0 Å². The van der Waals surface area contributed by atoms with E-state index in [-0.39, 0.29) is 32.7 Å². The number of hydrogen-bond acceptors (Lipinski definition) is 0. The van der Waals surface area contributed by atoms with Crippen molar-refractivity contribution in [2.75, 3.05) is 0 Å². The van der Waals surface area contributed by atoms with Gasteiger partial charge in [-0.05, 0) is 12.1 Å². The van der Waals surface area contributed by atoms with E-state index in [0.29, 0.717) is 0 Å². The fraction of sp³-hybridized carbons (Fsp3) is 0. The maximum Gasteiger partial charge on any atom is 0.0175 e. The summed E-state index contributed by atoms with van der Waals surface area (Å²) >= 11 is 3.31. The molecule has 0 heterocycles. The molecule has 0 saturated carbocycles. The zero-order valence-corrected chi connectivity index (χ0v) is 8.77. The van der Waals surface area contributed by atoms with Gasteiger partial charge in [-0.2, -0.15) is 0 Å². The topological polar surface area (TPSA) is 0 Å². The SMILES string of the molecule is Brc1ccccc1.[Y]. The number of halogens is 1. The van der Waals surface area contributed by atoms with Crippen LogP contribution in [0.25, 0.3) is 0 Å². The first-order valence-corrected chi connectivity index (χ1v) is 2.89. The normalized spacial score (nSPS) is 7.62. The molecule has 0 unspecified atom stereocenters. The first kappa shape index (κ1) is 8.80. The summed E-state index contributed by atoms with van der Waals surface area (Å²) in [6.07, 6.45) is 0. The van der Waals surface area contributed by atoms with Crippen LogP contribution in [-0.4, -0.2) is 0 Å². The zero-order valence-electron chi connectivity index (χ0n) is 4.34. The molecule has 0 fully saturated rings. The maximum atomic E-state index is 3.31. The van der Waals surface area contributed by atoms with Gasteiger partial charge in [0.1, 0.15) is 0 Å². The summed E-state index contributed by atoms with van der Waals surface area (Å²) in [6.45, 7) is 0. The van der Waals surface area contributed by atoms with Gasteiger partial charge in [-0.25, -0.2) is 0 Å². The van der Waals surface area contributed by atoms with Gasteiger partial charge in [-0.3, -0.25) is 0 Å². The van der Waals surface area contributed by atoms with Crippen LogP contribution in [0, 0.1) is 0 Å². The van der Waals surface area contributed by atoms with Crippen molar-refractivity contribution in [2.24, 2.45) is 0 Å². The van der Waals surface area contributed by atoms with E-state index < -0.39 is 0 Å². The fourth-order valence-corrected chi connectivity index (χ4v) is 0.720. The molecule has 2 heteroatoms. The first-order chi connectivity index (χ1) is 3.39. The molecule has 1 radical (unpaired) electrons. The summed E-state index contributed by atoms with van der Waals surface area (Å²) in [6, 6.07) is 9.97. The van der Waals surface area contributed by atoms with Crippen LogP contribution in [0.3, 0.4) is 0 Å². The minimum Gasteiger partial charge on any atom is -0.0622 e. The summed E-state index contributed by atoms with van der Waals surface area (Å²) in [7, 11) is 0. The zero-order chi connectivity index (χ0) is 5.11. The molecule has 0 aliphatic heterocycles. The molecule has 39 valence electrons. The molecule has 1 rings (SSSR count). The Bertz CT molecular complexity index is 138. The Kier molecular flexibility index (Phi) is 5.13. The third-order valence-corrected chi connectivity index (χ3v) is 1.26. The van der Waals surface area contributed by atoms with Crippen LogP contribution in [0.4, 0.5) is 0 Å². The molecule has 0 bridgehead atoms. The second kappa shape index (κ2) is 4.66. The van der Waals surface area contributed by atoms with Crippen LogP contribution in [-0.2, 0) is 32.7 Å². The van der Waals surface area contributed by atoms with Crippen LogP contribution in [0.5, 0.6) is 0 Å². The molecule has 1 aromatic carbocycles. The van der Waals surface area contributed by atoms with Crippen molar-refractivity contribution in [3.05, 3.63) is 34.8 Å². The molecule has 0 aromatic heterocycles. The quantitative estimate of drug-likeness (QED) is 0.659. The molecular formula is C6H5BrY. The van der Waals surface area contributed by atoms with Gasteiger partial charge in [0, 0.05) is 37.2 Å². The molecule has 0 nitrogen and oxygen atoms in total. The largest absolute Gasteiger partial charge is 0.0622 e. The Hall–Kier alpha value is 0.804. The Morgan fingerprint density at radius 1 is 1.00 bits per heavy atom. The first-order valence-electron chi connectivity index (χ1n) is 2.10. The summed E-state index contributed by atoms with van der Waals surface area (Å²) in [5, 5.41) is 0. The van der Waals surface area contributed by atoms with E-state index in [1.165, 1.54) is 0 Å². The van der Waals surface area contributed by atoms with Crippen LogP contribution >= 0.6 is 15.9 Å². The van der Waals surface area contributed by atoms with E-state index in [1.807, 2.05) is 30.3 Å². The van der Waals surface area contributed by atoms with Gasteiger partial charge >= 0.3 is 0 Å². The third-order valence-electron chi connectivity index (χ3n) is 0.733. The summed E-state index contributed by atoms with van der Waals surface area (Å²) in [4.78, 5) is 0. The second-order valence-corrected chi connectivity index (χ2v) is 2.21. The van der Waals surface area contributed by atoms with Crippen LogP contribution in [0.1, 0.15) is 0 Å². The van der Waals surface area contributed by atoms with Crippen molar-refractivity contribution in [3.8, 4) is 0 Å². The van der Waals surface area contributed by atoms with Crippen molar-refractivity contribution in [2.45, 2.75) is 0 Å². The molecule has 1 aromatic rings. The smallest absolute Gasteiger partial charge is 0.0175 e. The standard InChI is InChI=1S/C6H5Br.Y/c7-6-4-2-1-3-5-6;/h1-5H;. The van der Waals surface area contributed by atoms with Crippen molar-refractivity contribution >= 4 is 15.9 Å². The number of rotatable bonds is 0. The van der Waals surface area contributed by atoms with E-state index in [9.17, 15) is 0 Å². The van der Waals surface area contributed by atoms with E-state index in [4.69, 9.17) is 0 Å². The van der Waals surface area contributed by atoms with Crippen LogP contribution in [0.15, 0.2) is 34.8 Å². The van der Waals surface area contributed by atoms with Crippen LogP contribution < -0.4 is 0 Å². The minimum absolute atomic E-state index is 0. The summed E-state index contributed by atoms with van der Waals surface area (Å²) in [5.74, 6) is 0. The van der Waals surface area contributed by atoms with E-state index in [2.05, 4.69) is 15.9 Å². The fourth-order valence-electron chi connectivity index (χ4n) is 0.415. The Balaban J connectivity index is 0.000000490. The van der Waals surface area contributed by atoms with Crippen LogP contribution in [0.2, 0.25) is 0 Å². The van der Waals surface area contributed by atoms with Crippen molar-refractivity contribution in [1.29, 1.82) is 0 Å². The molecule has 0 aliphatic carbocycles. The van der Waals surface area contributed by atoms with Gasteiger partial charge in [0.05, 0.1) is 0 Å². The molecule has 0 saturated heterocycles. The van der Waals surface area contributed by atoms with Crippen molar-refractivity contribution in [3.63, 3.8) is 0 Å². The predicted molar refractivity (Wildman–Crippen MR) is 34.1 cm³/mol. The molecule has 0 spiro atoms. The molecule has 8 heavy (non-hydrogen) atoms. The average Bonchev–Trinajstić information content (AvgIpc) is 1.69. The van der Waals surface area contributed by atoms with E-state index in [0.717, 1.165) is 4.47 Å². The van der Waals surface area contributed by atoms with Crippen molar-refractivity contribution < 1.29 is 32.7 Å². The Morgan fingerprint density at radius 2 is 1.50 bits per heavy atom. The monoisotopic (exact) mass is 245 g/mol. The summed E-state index contributed by atoms with van der Waals surface area (Å²) in [5.41, 5.74) is 0. The van der Waals surface area contributed by atoms with E-state index >= 15 is 0 Å². The molecule has 0 amide bonds. The van der Waals surface area contributed by atoms with Gasteiger partial charge < -0.3 is 0 Å². The molecule has 0 N–H and O–H groups in total. The molecule has 0 atom stereocenters. The average molecular weight is 246 g/mol. The third kappa shape index (κ3) is 2.96. The van der Waals surface area contributed by atoms with Gasteiger partial charge in [0.2, 0.25) is 0 Å². The Morgan fingerprint density at radius 3 is 1.75 bits per heavy atom. The van der Waals surface area contributed by atoms with Gasteiger partial charge in [0.25, 0.3) is 0 Å².